The lowest BCUT2D eigenvalue weighted by molar-refractivity contribution is -0.133. The first-order chi connectivity index (χ1) is 11.3. The molecule has 2 heterocycles. The summed E-state index contributed by atoms with van der Waals surface area (Å²) in [5, 5.41) is 13.1. The van der Waals surface area contributed by atoms with Gasteiger partial charge in [-0.05, 0) is 44.7 Å². The molecule has 2 N–H and O–H groups in total. The van der Waals surface area contributed by atoms with Crippen molar-refractivity contribution in [3.05, 3.63) is 17.8 Å². The minimum atomic E-state index is -0.873. The van der Waals surface area contributed by atoms with Crippen LogP contribution < -0.4 is 5.32 Å². The van der Waals surface area contributed by atoms with Gasteiger partial charge < -0.3 is 14.8 Å². The van der Waals surface area contributed by atoms with E-state index in [1.165, 1.54) is 0 Å². The summed E-state index contributed by atoms with van der Waals surface area (Å²) in [7, 11) is 0. The van der Waals surface area contributed by atoms with E-state index >= 15 is 0 Å². The third kappa shape index (κ3) is 4.36. The Morgan fingerprint density at radius 1 is 1.38 bits per heavy atom. The van der Waals surface area contributed by atoms with Crippen LogP contribution in [0.1, 0.15) is 58.1 Å². The quantitative estimate of drug-likeness (QED) is 0.858. The topological polar surface area (TPSA) is 78.6 Å². The van der Waals surface area contributed by atoms with Crippen LogP contribution in [0.3, 0.4) is 0 Å². The van der Waals surface area contributed by atoms with Gasteiger partial charge in [-0.15, -0.1) is 0 Å². The molecule has 1 saturated heterocycles. The zero-order valence-corrected chi connectivity index (χ0v) is 14.9. The van der Waals surface area contributed by atoms with Crippen LogP contribution in [-0.2, 0) is 16.8 Å². The number of rotatable bonds is 5. The largest absolute Gasteiger partial charge is 0.444 e. The van der Waals surface area contributed by atoms with Gasteiger partial charge >= 0.3 is 0 Å². The molecular formula is C18H29N3O3. The van der Waals surface area contributed by atoms with E-state index in [4.69, 9.17) is 4.42 Å². The Hall–Kier alpha value is -1.40. The van der Waals surface area contributed by atoms with Crippen LogP contribution in [0.2, 0.25) is 0 Å². The number of hydrogen-bond donors (Lipinski definition) is 2. The zero-order chi connectivity index (χ0) is 17.3. The summed E-state index contributed by atoms with van der Waals surface area (Å²) in [5.41, 5.74) is -0.0305. The summed E-state index contributed by atoms with van der Waals surface area (Å²) in [5.74, 6) is 1.50. The fourth-order valence-electron chi connectivity index (χ4n) is 3.08. The van der Waals surface area contributed by atoms with Gasteiger partial charge in [-0.3, -0.25) is 9.69 Å². The third-order valence-corrected chi connectivity index (χ3v) is 4.92. The molecule has 3 rings (SSSR count). The minimum Gasteiger partial charge on any atom is -0.444 e. The lowest BCUT2D eigenvalue weighted by Gasteiger charge is -2.33. The number of likely N-dealkylation sites (tertiary alicyclic amines) is 1. The fraction of sp³-hybridized carbons (Fsp3) is 0.778. The Morgan fingerprint density at radius 3 is 2.58 bits per heavy atom. The summed E-state index contributed by atoms with van der Waals surface area (Å²) >= 11 is 0. The van der Waals surface area contributed by atoms with E-state index in [0.717, 1.165) is 50.4 Å². The van der Waals surface area contributed by atoms with Crippen LogP contribution in [0.15, 0.2) is 10.6 Å². The van der Waals surface area contributed by atoms with Crippen LogP contribution in [0.5, 0.6) is 0 Å². The number of amides is 1. The molecule has 1 atom stereocenters. The highest BCUT2D eigenvalue weighted by atomic mass is 16.4. The molecule has 2 aliphatic rings. The van der Waals surface area contributed by atoms with E-state index in [-0.39, 0.29) is 17.2 Å². The molecule has 1 aromatic heterocycles. The molecule has 6 nitrogen and oxygen atoms in total. The summed E-state index contributed by atoms with van der Waals surface area (Å²) in [6.07, 6.45) is 4.68. The summed E-state index contributed by atoms with van der Waals surface area (Å²) < 4.78 is 5.85. The average molecular weight is 335 g/mol. The second-order valence-electron chi connectivity index (χ2n) is 8.21. The molecule has 24 heavy (non-hydrogen) atoms. The van der Waals surface area contributed by atoms with Gasteiger partial charge in [0.15, 0.2) is 0 Å². The molecule has 2 fully saturated rings. The molecule has 134 valence electrons. The first-order valence-corrected chi connectivity index (χ1v) is 8.99. The molecule has 1 aliphatic carbocycles. The molecule has 0 unspecified atom stereocenters. The van der Waals surface area contributed by atoms with Crippen LogP contribution in [0.25, 0.3) is 0 Å². The third-order valence-electron chi connectivity index (χ3n) is 4.92. The molecule has 6 heteroatoms. The van der Waals surface area contributed by atoms with Crippen molar-refractivity contribution in [3.8, 4) is 0 Å². The van der Waals surface area contributed by atoms with Crippen molar-refractivity contribution in [2.24, 2.45) is 5.92 Å². The maximum absolute atomic E-state index is 12.0. The second kappa shape index (κ2) is 6.84. The molecule has 0 aromatic carbocycles. The van der Waals surface area contributed by atoms with Crippen LogP contribution in [0.4, 0.5) is 0 Å². The molecule has 0 spiro atoms. The Balaban J connectivity index is 1.46. The molecule has 1 amide bonds. The van der Waals surface area contributed by atoms with Crippen molar-refractivity contribution in [1.82, 2.24) is 15.2 Å². The van der Waals surface area contributed by atoms with Gasteiger partial charge in [0, 0.05) is 11.5 Å². The summed E-state index contributed by atoms with van der Waals surface area (Å²) in [6.45, 7) is 8.72. The average Bonchev–Trinajstić information content (AvgIpc) is 3.21. The first kappa shape index (κ1) is 17.4. The molecule has 1 aromatic rings. The SMILES string of the molecule is CC(C)(C)c1cnc(CN2CCC([C@H](O)C(=O)NC3CC3)CC2)o1. The highest BCUT2D eigenvalue weighted by molar-refractivity contribution is 5.81. The molecular weight excluding hydrogens is 306 g/mol. The second-order valence-corrected chi connectivity index (χ2v) is 8.21. The summed E-state index contributed by atoms with van der Waals surface area (Å²) in [6, 6.07) is 0.300. The van der Waals surface area contributed by atoms with Crippen molar-refractivity contribution < 1.29 is 14.3 Å². The number of aliphatic hydroxyl groups is 1. The van der Waals surface area contributed by atoms with Crippen molar-refractivity contribution in [3.63, 3.8) is 0 Å². The smallest absolute Gasteiger partial charge is 0.249 e. The number of carbonyl (C=O) groups excluding carboxylic acids is 1. The van der Waals surface area contributed by atoms with E-state index in [9.17, 15) is 9.90 Å². The maximum Gasteiger partial charge on any atom is 0.249 e. The number of aliphatic hydroxyl groups excluding tert-OH is 1. The lowest BCUT2D eigenvalue weighted by atomic mass is 9.90. The Kier molecular flexibility index (Phi) is 4.97. The number of oxazole rings is 1. The van der Waals surface area contributed by atoms with E-state index in [2.05, 4.69) is 36.0 Å². The van der Waals surface area contributed by atoms with Gasteiger partial charge in [-0.25, -0.2) is 4.98 Å². The van der Waals surface area contributed by atoms with Gasteiger partial charge in [0.1, 0.15) is 11.9 Å². The monoisotopic (exact) mass is 335 g/mol. The molecule has 0 radical (unpaired) electrons. The van der Waals surface area contributed by atoms with Crippen LogP contribution in [0, 0.1) is 5.92 Å². The maximum atomic E-state index is 12.0. The number of nitrogens with zero attached hydrogens (tertiary/aromatic N) is 2. The van der Waals surface area contributed by atoms with Crippen molar-refractivity contribution in [1.29, 1.82) is 0 Å². The minimum absolute atomic E-state index is 0.0305. The molecule has 1 aliphatic heterocycles. The van der Waals surface area contributed by atoms with Crippen molar-refractivity contribution in [2.75, 3.05) is 13.1 Å². The molecule has 0 bridgehead atoms. The van der Waals surface area contributed by atoms with Crippen LogP contribution in [-0.4, -0.2) is 46.1 Å². The Morgan fingerprint density at radius 2 is 2.04 bits per heavy atom. The zero-order valence-electron chi connectivity index (χ0n) is 14.9. The number of nitrogens with one attached hydrogen (secondary N) is 1. The Labute approximate surface area is 143 Å². The van der Waals surface area contributed by atoms with Crippen molar-refractivity contribution in [2.45, 2.75) is 70.6 Å². The van der Waals surface area contributed by atoms with Gasteiger partial charge in [0.25, 0.3) is 0 Å². The van der Waals surface area contributed by atoms with Crippen molar-refractivity contribution >= 4 is 5.91 Å². The van der Waals surface area contributed by atoms with E-state index in [1.807, 2.05) is 6.20 Å². The van der Waals surface area contributed by atoms with Gasteiger partial charge in [-0.1, -0.05) is 20.8 Å². The number of aromatic nitrogens is 1. The first-order valence-electron chi connectivity index (χ1n) is 8.99. The van der Waals surface area contributed by atoms with Gasteiger partial charge in [0.2, 0.25) is 11.8 Å². The van der Waals surface area contributed by atoms with E-state index in [1.54, 1.807) is 0 Å². The Bertz CT molecular complexity index is 566. The standard InChI is InChI=1S/C18H29N3O3/c1-18(2,3)14-10-19-15(24-14)11-21-8-6-12(7-9-21)16(22)17(23)20-13-4-5-13/h10,12-13,16,22H,4-9,11H2,1-3H3,(H,20,23)/t16-/m0/s1. The molecule has 1 saturated carbocycles. The predicted octanol–water partition coefficient (Wildman–Crippen LogP) is 1.82. The predicted molar refractivity (Wildman–Crippen MR) is 90.4 cm³/mol. The summed E-state index contributed by atoms with van der Waals surface area (Å²) in [4.78, 5) is 18.6. The van der Waals surface area contributed by atoms with Crippen LogP contribution >= 0.6 is 0 Å². The highest BCUT2D eigenvalue weighted by Gasteiger charge is 2.33. The number of carbonyl (C=O) groups is 1. The highest BCUT2D eigenvalue weighted by Crippen LogP contribution is 2.26. The normalized spacial score (nSPS) is 21.7. The fourth-order valence-corrected chi connectivity index (χ4v) is 3.08. The van der Waals surface area contributed by atoms with E-state index < -0.39 is 6.10 Å². The van der Waals surface area contributed by atoms with Gasteiger partial charge in [0.05, 0.1) is 12.7 Å². The number of hydrogen-bond acceptors (Lipinski definition) is 5. The van der Waals surface area contributed by atoms with Gasteiger partial charge in [-0.2, -0.15) is 0 Å². The van der Waals surface area contributed by atoms with E-state index in [0.29, 0.717) is 12.6 Å². The lowest BCUT2D eigenvalue weighted by Crippen LogP contribution is -2.44. The number of piperidine rings is 1.